The van der Waals surface area contributed by atoms with Crippen molar-refractivity contribution >= 4 is 24.2 Å². The SMILES string of the molecule is CC(CN)(NC(=O)C1CCCN(C(=O)Cc2ccccc2)C1)C1CC1.Cl. The van der Waals surface area contributed by atoms with Crippen LogP contribution in [0.1, 0.15) is 38.2 Å². The molecule has 3 N–H and O–H groups in total. The zero-order valence-electron chi connectivity index (χ0n) is 15.4. The number of hydrogen-bond acceptors (Lipinski definition) is 3. The van der Waals surface area contributed by atoms with Crippen molar-refractivity contribution in [2.45, 2.75) is 44.6 Å². The van der Waals surface area contributed by atoms with Crippen molar-refractivity contribution in [2.75, 3.05) is 19.6 Å². The summed E-state index contributed by atoms with van der Waals surface area (Å²) in [6.45, 7) is 3.77. The van der Waals surface area contributed by atoms with Crippen molar-refractivity contribution in [1.29, 1.82) is 0 Å². The number of halogens is 1. The van der Waals surface area contributed by atoms with Crippen LogP contribution in [0.4, 0.5) is 0 Å². The Labute approximate surface area is 162 Å². The highest BCUT2D eigenvalue weighted by atomic mass is 35.5. The van der Waals surface area contributed by atoms with Gasteiger partial charge in [-0.3, -0.25) is 9.59 Å². The first-order chi connectivity index (χ1) is 12.0. The van der Waals surface area contributed by atoms with Gasteiger partial charge in [-0.1, -0.05) is 30.3 Å². The number of nitrogens with zero attached hydrogens (tertiary/aromatic N) is 1. The van der Waals surface area contributed by atoms with E-state index in [-0.39, 0.29) is 35.7 Å². The Morgan fingerprint density at radius 3 is 2.54 bits per heavy atom. The molecule has 2 atom stereocenters. The first kappa shape index (κ1) is 20.7. The second-order valence-electron chi connectivity index (χ2n) is 7.73. The Kier molecular flexibility index (Phi) is 7.07. The number of carbonyl (C=O) groups is 2. The van der Waals surface area contributed by atoms with E-state index in [4.69, 9.17) is 5.73 Å². The predicted molar refractivity (Wildman–Crippen MR) is 105 cm³/mol. The molecule has 2 unspecified atom stereocenters. The van der Waals surface area contributed by atoms with Gasteiger partial charge in [-0.2, -0.15) is 0 Å². The first-order valence-electron chi connectivity index (χ1n) is 9.35. The molecular formula is C20H30ClN3O2. The maximum absolute atomic E-state index is 12.7. The fraction of sp³-hybridized carbons (Fsp3) is 0.600. The normalized spacial score (nSPS) is 22.1. The molecule has 26 heavy (non-hydrogen) atoms. The fourth-order valence-corrected chi connectivity index (χ4v) is 3.72. The van der Waals surface area contributed by atoms with E-state index in [9.17, 15) is 9.59 Å². The quantitative estimate of drug-likeness (QED) is 0.795. The van der Waals surface area contributed by atoms with Gasteiger partial charge in [-0.25, -0.2) is 0 Å². The van der Waals surface area contributed by atoms with E-state index in [1.54, 1.807) is 0 Å². The summed E-state index contributed by atoms with van der Waals surface area (Å²) in [7, 11) is 0. The van der Waals surface area contributed by atoms with Gasteiger partial charge < -0.3 is 16.0 Å². The number of nitrogens with one attached hydrogen (secondary N) is 1. The van der Waals surface area contributed by atoms with Gasteiger partial charge in [0, 0.05) is 19.6 Å². The highest BCUT2D eigenvalue weighted by Crippen LogP contribution is 2.39. The van der Waals surface area contributed by atoms with Gasteiger partial charge in [0.15, 0.2) is 0 Å². The lowest BCUT2D eigenvalue weighted by molar-refractivity contribution is -0.135. The van der Waals surface area contributed by atoms with E-state index < -0.39 is 0 Å². The summed E-state index contributed by atoms with van der Waals surface area (Å²) in [5.41, 5.74) is 6.63. The van der Waals surface area contributed by atoms with Gasteiger partial charge in [0.25, 0.3) is 0 Å². The number of amides is 2. The van der Waals surface area contributed by atoms with Crippen molar-refractivity contribution in [3.05, 3.63) is 35.9 Å². The van der Waals surface area contributed by atoms with E-state index in [0.717, 1.165) is 37.8 Å². The number of nitrogens with two attached hydrogens (primary N) is 1. The molecule has 0 bridgehead atoms. The summed E-state index contributed by atoms with van der Waals surface area (Å²) >= 11 is 0. The Morgan fingerprint density at radius 1 is 1.23 bits per heavy atom. The molecule has 1 aromatic carbocycles. The van der Waals surface area contributed by atoms with Crippen LogP contribution in [-0.2, 0) is 16.0 Å². The second-order valence-corrected chi connectivity index (χ2v) is 7.73. The third-order valence-corrected chi connectivity index (χ3v) is 5.65. The minimum Gasteiger partial charge on any atom is -0.349 e. The highest BCUT2D eigenvalue weighted by molar-refractivity contribution is 5.85. The monoisotopic (exact) mass is 379 g/mol. The standard InChI is InChI=1S/C20H29N3O2.ClH/c1-20(14-21,17-9-10-17)22-19(25)16-8-5-11-23(13-16)18(24)12-15-6-3-2-4-7-15;/h2-4,6-7,16-17H,5,8-14,21H2,1H3,(H,22,25);1H. The third kappa shape index (κ3) is 4.98. The summed E-state index contributed by atoms with van der Waals surface area (Å²) in [5, 5.41) is 3.18. The molecule has 6 heteroatoms. The van der Waals surface area contributed by atoms with Crippen LogP contribution >= 0.6 is 12.4 Å². The topological polar surface area (TPSA) is 75.4 Å². The number of hydrogen-bond donors (Lipinski definition) is 2. The van der Waals surface area contributed by atoms with Crippen LogP contribution in [0, 0.1) is 11.8 Å². The molecule has 2 fully saturated rings. The summed E-state index contributed by atoms with van der Waals surface area (Å²) < 4.78 is 0. The molecule has 1 aliphatic heterocycles. The lowest BCUT2D eigenvalue weighted by Gasteiger charge is -2.36. The zero-order chi connectivity index (χ0) is 17.9. The predicted octanol–water partition coefficient (Wildman–Crippen LogP) is 2.13. The molecule has 1 aromatic rings. The Hall–Kier alpha value is -1.59. The van der Waals surface area contributed by atoms with Gasteiger partial charge in [-0.15, -0.1) is 12.4 Å². The molecule has 1 aliphatic carbocycles. The average molecular weight is 380 g/mol. The van der Waals surface area contributed by atoms with Crippen LogP contribution in [0.3, 0.4) is 0 Å². The Morgan fingerprint density at radius 2 is 1.92 bits per heavy atom. The molecule has 0 radical (unpaired) electrons. The average Bonchev–Trinajstić information content (AvgIpc) is 3.48. The van der Waals surface area contributed by atoms with Crippen LogP contribution in [0.25, 0.3) is 0 Å². The van der Waals surface area contributed by atoms with Crippen molar-refractivity contribution in [1.82, 2.24) is 10.2 Å². The van der Waals surface area contributed by atoms with Crippen LogP contribution in [0.5, 0.6) is 0 Å². The molecule has 1 saturated carbocycles. The largest absolute Gasteiger partial charge is 0.349 e. The number of benzene rings is 1. The van der Waals surface area contributed by atoms with E-state index in [0.29, 0.717) is 25.4 Å². The molecule has 2 aliphatic rings. The summed E-state index contributed by atoms with van der Waals surface area (Å²) in [6.07, 6.45) is 4.39. The maximum atomic E-state index is 12.7. The van der Waals surface area contributed by atoms with Gasteiger partial charge in [0.1, 0.15) is 0 Å². The van der Waals surface area contributed by atoms with Crippen LogP contribution in [0.15, 0.2) is 30.3 Å². The molecule has 0 spiro atoms. The van der Waals surface area contributed by atoms with Gasteiger partial charge in [-0.05, 0) is 44.1 Å². The Balaban J connectivity index is 0.00000243. The number of rotatable bonds is 6. The lowest BCUT2D eigenvalue weighted by atomic mass is 9.91. The molecule has 2 amide bonds. The van der Waals surface area contributed by atoms with Gasteiger partial charge >= 0.3 is 0 Å². The number of likely N-dealkylation sites (tertiary alicyclic amines) is 1. The van der Waals surface area contributed by atoms with Crippen molar-refractivity contribution < 1.29 is 9.59 Å². The first-order valence-corrected chi connectivity index (χ1v) is 9.35. The summed E-state index contributed by atoms with van der Waals surface area (Å²) in [5.74, 6) is 0.531. The molecule has 144 valence electrons. The van der Waals surface area contributed by atoms with Crippen LogP contribution in [-0.4, -0.2) is 41.9 Å². The van der Waals surface area contributed by atoms with Crippen molar-refractivity contribution in [2.24, 2.45) is 17.6 Å². The smallest absolute Gasteiger partial charge is 0.227 e. The molecule has 5 nitrogen and oxygen atoms in total. The maximum Gasteiger partial charge on any atom is 0.227 e. The molecular weight excluding hydrogens is 350 g/mol. The second kappa shape index (κ2) is 8.87. The molecule has 0 aromatic heterocycles. The Bertz CT molecular complexity index is 621. The van der Waals surface area contributed by atoms with Crippen molar-refractivity contribution in [3.8, 4) is 0 Å². The van der Waals surface area contributed by atoms with Crippen LogP contribution in [0.2, 0.25) is 0 Å². The lowest BCUT2D eigenvalue weighted by Crippen LogP contribution is -2.56. The summed E-state index contributed by atoms with van der Waals surface area (Å²) in [6, 6.07) is 9.77. The zero-order valence-corrected chi connectivity index (χ0v) is 16.3. The third-order valence-electron chi connectivity index (χ3n) is 5.65. The molecule has 1 saturated heterocycles. The fourth-order valence-electron chi connectivity index (χ4n) is 3.72. The van der Waals surface area contributed by atoms with Crippen molar-refractivity contribution in [3.63, 3.8) is 0 Å². The number of carbonyl (C=O) groups excluding carboxylic acids is 2. The van der Waals surface area contributed by atoms with Gasteiger partial charge in [0.2, 0.25) is 11.8 Å². The van der Waals surface area contributed by atoms with Gasteiger partial charge in [0.05, 0.1) is 17.9 Å². The van der Waals surface area contributed by atoms with E-state index in [1.807, 2.05) is 42.2 Å². The summed E-state index contributed by atoms with van der Waals surface area (Å²) in [4.78, 5) is 27.1. The number of piperidine rings is 1. The minimum atomic E-state index is -0.298. The highest BCUT2D eigenvalue weighted by Gasteiger charge is 2.42. The van der Waals surface area contributed by atoms with Crippen LogP contribution < -0.4 is 11.1 Å². The minimum absolute atomic E-state index is 0. The van der Waals surface area contributed by atoms with E-state index in [1.165, 1.54) is 0 Å². The molecule has 1 heterocycles. The van der Waals surface area contributed by atoms with E-state index in [2.05, 4.69) is 5.32 Å². The molecule has 3 rings (SSSR count). The van der Waals surface area contributed by atoms with E-state index >= 15 is 0 Å².